The van der Waals surface area contributed by atoms with Crippen LogP contribution in [0.3, 0.4) is 0 Å². The summed E-state index contributed by atoms with van der Waals surface area (Å²) in [4.78, 5) is 15.5. The number of esters is 1. The van der Waals surface area contributed by atoms with E-state index in [1.54, 1.807) is 0 Å². The number of rotatable bonds is 6. The molecule has 0 aliphatic carbocycles. The van der Waals surface area contributed by atoms with Crippen LogP contribution in [0.1, 0.15) is 29.8 Å². The van der Waals surface area contributed by atoms with E-state index in [0.717, 1.165) is 37.1 Å². The van der Waals surface area contributed by atoms with Crippen molar-refractivity contribution in [1.29, 1.82) is 0 Å². The maximum Gasteiger partial charge on any atom is 0.358 e. The number of piperidine rings is 1. The van der Waals surface area contributed by atoms with Crippen molar-refractivity contribution in [2.75, 3.05) is 33.8 Å². The summed E-state index contributed by atoms with van der Waals surface area (Å²) in [6.07, 6.45) is 2.74. The molecule has 0 bridgehead atoms. The Balaban J connectivity index is 2.09. The second-order valence-electron chi connectivity index (χ2n) is 5.22. The summed E-state index contributed by atoms with van der Waals surface area (Å²) in [5.74, 6) is -0.177. The van der Waals surface area contributed by atoms with Crippen molar-refractivity contribution in [3.8, 4) is 0 Å². The zero-order chi connectivity index (χ0) is 16.2. The largest absolute Gasteiger partial charge is 0.464 e. The van der Waals surface area contributed by atoms with E-state index in [1.807, 2.05) is 7.05 Å². The van der Waals surface area contributed by atoms with Crippen LogP contribution < -0.4 is 5.32 Å². The molecular weight excluding hydrogens is 326 g/mol. The molecule has 1 N–H and O–H groups in total. The van der Waals surface area contributed by atoms with Crippen molar-refractivity contribution >= 4 is 27.3 Å². The van der Waals surface area contributed by atoms with E-state index >= 15 is 0 Å². The van der Waals surface area contributed by atoms with Crippen LogP contribution in [-0.4, -0.2) is 57.5 Å². The molecular formula is C13H21N3O4S2. The number of methoxy groups -OCH3 is 1. The van der Waals surface area contributed by atoms with Gasteiger partial charge in [0.25, 0.3) is 10.0 Å². The maximum absolute atomic E-state index is 12.7. The molecule has 1 aliphatic heterocycles. The minimum atomic E-state index is -3.68. The molecule has 0 spiro atoms. The van der Waals surface area contributed by atoms with Gasteiger partial charge in [-0.05, 0) is 38.8 Å². The predicted octanol–water partition coefficient (Wildman–Crippen LogP) is 0.940. The Morgan fingerprint density at radius 1 is 1.50 bits per heavy atom. The molecule has 0 unspecified atom stereocenters. The molecule has 9 heteroatoms. The van der Waals surface area contributed by atoms with Crippen LogP contribution in [0.2, 0.25) is 0 Å². The van der Waals surface area contributed by atoms with Crippen molar-refractivity contribution in [2.24, 2.45) is 5.92 Å². The van der Waals surface area contributed by atoms with Gasteiger partial charge in [0, 0.05) is 13.1 Å². The number of carbonyl (C=O) groups is 1. The van der Waals surface area contributed by atoms with Crippen molar-refractivity contribution in [2.45, 2.75) is 23.5 Å². The fourth-order valence-corrected chi connectivity index (χ4v) is 5.29. The zero-order valence-electron chi connectivity index (χ0n) is 12.7. The third-order valence-corrected chi connectivity index (χ3v) is 7.11. The molecule has 0 atom stereocenters. The lowest BCUT2D eigenvalue weighted by Gasteiger charge is -2.30. The number of aromatic nitrogens is 1. The van der Waals surface area contributed by atoms with Crippen molar-refractivity contribution in [3.63, 3.8) is 0 Å². The van der Waals surface area contributed by atoms with Gasteiger partial charge >= 0.3 is 5.97 Å². The summed E-state index contributed by atoms with van der Waals surface area (Å²) in [5.41, 5.74) is 1.24. The lowest BCUT2D eigenvalue weighted by Crippen LogP contribution is -2.39. The molecule has 0 amide bonds. The van der Waals surface area contributed by atoms with E-state index in [4.69, 9.17) is 0 Å². The highest BCUT2D eigenvalue weighted by atomic mass is 32.2. The normalized spacial score (nSPS) is 17.5. The Bertz CT molecular complexity index is 607. The SMILES string of the molecule is CNCCC1CCN(S(=O)(=O)c2scnc2C(=O)OC)CC1. The Hall–Kier alpha value is -1.03. The second-order valence-corrected chi connectivity index (χ2v) is 8.21. The van der Waals surface area contributed by atoms with Crippen LogP contribution in [0.5, 0.6) is 0 Å². The van der Waals surface area contributed by atoms with E-state index < -0.39 is 16.0 Å². The average Bonchev–Trinajstić information content (AvgIpc) is 3.03. The van der Waals surface area contributed by atoms with E-state index in [2.05, 4.69) is 15.0 Å². The highest BCUT2D eigenvalue weighted by Crippen LogP contribution is 2.29. The maximum atomic E-state index is 12.7. The first kappa shape index (κ1) is 17.3. The predicted molar refractivity (Wildman–Crippen MR) is 83.5 cm³/mol. The van der Waals surface area contributed by atoms with Crippen molar-refractivity contribution in [3.05, 3.63) is 11.2 Å². The van der Waals surface area contributed by atoms with Gasteiger partial charge in [-0.15, -0.1) is 11.3 Å². The zero-order valence-corrected chi connectivity index (χ0v) is 14.4. The van der Waals surface area contributed by atoms with Gasteiger partial charge in [0.1, 0.15) is 0 Å². The Kier molecular flexibility index (Phi) is 5.90. The van der Waals surface area contributed by atoms with Crippen molar-refractivity contribution in [1.82, 2.24) is 14.6 Å². The van der Waals surface area contributed by atoms with Gasteiger partial charge in [-0.2, -0.15) is 4.31 Å². The molecule has 7 nitrogen and oxygen atoms in total. The Labute approximate surface area is 134 Å². The first-order valence-corrected chi connectivity index (χ1v) is 9.49. The molecule has 0 radical (unpaired) electrons. The second kappa shape index (κ2) is 7.49. The number of nitrogens with zero attached hydrogens (tertiary/aromatic N) is 2. The topological polar surface area (TPSA) is 88.6 Å². The summed E-state index contributed by atoms with van der Waals surface area (Å²) < 4.78 is 31.4. The van der Waals surface area contributed by atoms with Crippen LogP contribution in [0.25, 0.3) is 0 Å². The third-order valence-electron chi connectivity index (χ3n) is 3.86. The lowest BCUT2D eigenvalue weighted by atomic mass is 9.95. The van der Waals surface area contributed by atoms with Gasteiger partial charge in [-0.1, -0.05) is 0 Å². The van der Waals surface area contributed by atoms with Crippen LogP contribution >= 0.6 is 11.3 Å². The average molecular weight is 347 g/mol. The van der Waals surface area contributed by atoms with Gasteiger partial charge in [-0.3, -0.25) is 0 Å². The van der Waals surface area contributed by atoms with Crippen LogP contribution in [0, 0.1) is 5.92 Å². The summed E-state index contributed by atoms with van der Waals surface area (Å²) in [7, 11) is -0.547. The van der Waals surface area contributed by atoms with E-state index in [0.29, 0.717) is 19.0 Å². The monoisotopic (exact) mass is 347 g/mol. The fraction of sp³-hybridized carbons (Fsp3) is 0.692. The van der Waals surface area contributed by atoms with Crippen LogP contribution in [0.15, 0.2) is 9.72 Å². The molecule has 2 heterocycles. The number of thiazole rings is 1. The van der Waals surface area contributed by atoms with Crippen LogP contribution in [-0.2, 0) is 14.8 Å². The molecule has 22 heavy (non-hydrogen) atoms. The highest BCUT2D eigenvalue weighted by molar-refractivity contribution is 7.91. The number of carbonyl (C=O) groups excluding carboxylic acids is 1. The molecule has 124 valence electrons. The fourth-order valence-electron chi connectivity index (χ4n) is 2.56. The Morgan fingerprint density at radius 3 is 2.77 bits per heavy atom. The molecule has 1 saturated heterocycles. The van der Waals surface area contributed by atoms with Gasteiger partial charge in [0.15, 0.2) is 9.90 Å². The van der Waals surface area contributed by atoms with E-state index in [-0.39, 0.29) is 9.90 Å². The smallest absolute Gasteiger partial charge is 0.358 e. The molecule has 0 saturated carbocycles. The number of ether oxygens (including phenoxy) is 1. The minimum absolute atomic E-state index is 0.0203. The first-order valence-electron chi connectivity index (χ1n) is 7.17. The first-order chi connectivity index (χ1) is 10.5. The summed E-state index contributed by atoms with van der Waals surface area (Å²) >= 11 is 0.957. The van der Waals surface area contributed by atoms with Crippen molar-refractivity contribution < 1.29 is 17.9 Å². The van der Waals surface area contributed by atoms with Gasteiger partial charge < -0.3 is 10.1 Å². The number of nitrogens with one attached hydrogen (secondary N) is 1. The summed E-state index contributed by atoms with van der Waals surface area (Å²) in [6, 6.07) is 0. The van der Waals surface area contributed by atoms with Gasteiger partial charge in [-0.25, -0.2) is 18.2 Å². The van der Waals surface area contributed by atoms with E-state index in [9.17, 15) is 13.2 Å². The molecule has 0 aromatic carbocycles. The number of sulfonamides is 1. The summed E-state index contributed by atoms with van der Waals surface area (Å²) in [5, 5.41) is 3.12. The van der Waals surface area contributed by atoms with Gasteiger partial charge in [0.2, 0.25) is 0 Å². The number of hydrogen-bond acceptors (Lipinski definition) is 7. The standard InChI is InChI=1S/C13H21N3O4S2/c1-14-6-3-10-4-7-16(8-5-10)22(18,19)13-11(12(17)20-2)15-9-21-13/h9-10,14H,3-8H2,1-2H3. The third kappa shape index (κ3) is 3.65. The van der Waals surface area contributed by atoms with Crippen LogP contribution in [0.4, 0.5) is 0 Å². The number of hydrogen-bond donors (Lipinski definition) is 1. The Morgan fingerprint density at radius 2 is 2.18 bits per heavy atom. The molecule has 1 aromatic heterocycles. The van der Waals surface area contributed by atoms with Gasteiger partial charge in [0.05, 0.1) is 12.6 Å². The molecule has 1 fully saturated rings. The molecule has 1 aromatic rings. The molecule has 1 aliphatic rings. The minimum Gasteiger partial charge on any atom is -0.464 e. The van der Waals surface area contributed by atoms with E-state index in [1.165, 1.54) is 16.9 Å². The molecule has 2 rings (SSSR count). The lowest BCUT2D eigenvalue weighted by molar-refractivity contribution is 0.0590. The highest BCUT2D eigenvalue weighted by Gasteiger charge is 2.34. The quantitative estimate of drug-likeness (QED) is 0.771. The summed E-state index contributed by atoms with van der Waals surface area (Å²) in [6.45, 7) is 1.91.